The molecule has 3 heteroatoms. The van der Waals surface area contributed by atoms with Crippen LogP contribution in [0.5, 0.6) is 0 Å². The molecule has 0 spiro atoms. The molecule has 0 aliphatic heterocycles. The molecule has 0 heterocycles. The Hall–Kier alpha value is -1.45. The van der Waals surface area contributed by atoms with Crippen LogP contribution in [0.15, 0.2) is 43.0 Å². The Morgan fingerprint density at radius 3 is 2.67 bits per heavy atom. The molecule has 98 valence electrons. The van der Waals surface area contributed by atoms with Crippen molar-refractivity contribution in [2.75, 3.05) is 0 Å². The Labute approximate surface area is 109 Å². The van der Waals surface area contributed by atoms with Crippen LogP contribution in [0.1, 0.15) is 25.3 Å². The van der Waals surface area contributed by atoms with Crippen LogP contribution >= 0.6 is 0 Å². The summed E-state index contributed by atoms with van der Waals surface area (Å²) in [6.45, 7) is 5.48. The van der Waals surface area contributed by atoms with Crippen LogP contribution in [0, 0.1) is 5.92 Å². The van der Waals surface area contributed by atoms with Crippen LogP contribution in [-0.4, -0.2) is 11.9 Å². The van der Waals surface area contributed by atoms with Gasteiger partial charge in [-0.05, 0) is 12.0 Å². The number of allylic oxidation sites excluding steroid dienone is 1. The summed E-state index contributed by atoms with van der Waals surface area (Å²) in [7, 11) is 0. The molecular weight excluding hydrogens is 226 g/mol. The molecule has 2 atom stereocenters. The summed E-state index contributed by atoms with van der Waals surface area (Å²) < 4.78 is 0. The molecule has 3 nitrogen and oxygen atoms in total. The highest BCUT2D eigenvalue weighted by Gasteiger charge is 2.18. The van der Waals surface area contributed by atoms with Gasteiger partial charge in [-0.2, -0.15) is 0 Å². The van der Waals surface area contributed by atoms with Crippen molar-refractivity contribution in [3.8, 4) is 0 Å². The van der Waals surface area contributed by atoms with Gasteiger partial charge in [0.05, 0.1) is 6.10 Å². The van der Waals surface area contributed by atoms with E-state index in [9.17, 15) is 4.79 Å². The molecule has 0 bridgehead atoms. The molecule has 1 rings (SSSR count). The standard InChI is InChI=1S/C15H21NO2/c1-3-7-15(17)12(2)10-14(18-16)11-13-8-5-4-6-9-13/h3-6,8-9,12,14H,1,7,10-11,16H2,2H3. The summed E-state index contributed by atoms with van der Waals surface area (Å²) in [5.41, 5.74) is 1.16. The third-order valence-corrected chi connectivity index (χ3v) is 3.01. The maximum Gasteiger partial charge on any atom is 0.139 e. The van der Waals surface area contributed by atoms with E-state index in [1.165, 1.54) is 0 Å². The number of hydrogen-bond acceptors (Lipinski definition) is 3. The minimum Gasteiger partial charge on any atom is -0.301 e. The second-order valence-corrected chi connectivity index (χ2v) is 4.54. The molecule has 0 aliphatic carbocycles. The summed E-state index contributed by atoms with van der Waals surface area (Å²) in [6.07, 6.45) is 3.27. The molecule has 0 saturated heterocycles. The summed E-state index contributed by atoms with van der Waals surface area (Å²) in [6, 6.07) is 9.99. The molecule has 0 saturated carbocycles. The van der Waals surface area contributed by atoms with E-state index in [4.69, 9.17) is 10.7 Å². The molecule has 2 unspecified atom stereocenters. The number of carbonyl (C=O) groups is 1. The highest BCUT2D eigenvalue weighted by Crippen LogP contribution is 2.15. The Kier molecular flexibility index (Phi) is 6.33. The number of benzene rings is 1. The molecule has 0 amide bonds. The SMILES string of the molecule is C=CCC(=O)C(C)CC(Cc1ccccc1)ON. The van der Waals surface area contributed by atoms with E-state index in [0.717, 1.165) is 12.0 Å². The first-order valence-corrected chi connectivity index (χ1v) is 6.20. The van der Waals surface area contributed by atoms with Crippen molar-refractivity contribution < 1.29 is 9.63 Å². The highest BCUT2D eigenvalue weighted by atomic mass is 16.6. The van der Waals surface area contributed by atoms with Gasteiger partial charge in [-0.25, -0.2) is 5.90 Å². The fourth-order valence-corrected chi connectivity index (χ4v) is 1.93. The smallest absolute Gasteiger partial charge is 0.139 e. The van der Waals surface area contributed by atoms with Gasteiger partial charge in [-0.1, -0.05) is 43.3 Å². The predicted octanol–water partition coefficient (Wildman–Crippen LogP) is 2.66. The first-order chi connectivity index (χ1) is 8.67. The monoisotopic (exact) mass is 247 g/mol. The van der Waals surface area contributed by atoms with Crippen molar-refractivity contribution in [3.63, 3.8) is 0 Å². The van der Waals surface area contributed by atoms with Crippen molar-refractivity contribution >= 4 is 5.78 Å². The van der Waals surface area contributed by atoms with Gasteiger partial charge in [-0.15, -0.1) is 6.58 Å². The third-order valence-electron chi connectivity index (χ3n) is 3.01. The molecule has 0 aromatic heterocycles. The van der Waals surface area contributed by atoms with Crippen LogP contribution in [0.2, 0.25) is 0 Å². The van der Waals surface area contributed by atoms with E-state index in [1.807, 2.05) is 37.3 Å². The number of nitrogens with two attached hydrogens (primary N) is 1. The van der Waals surface area contributed by atoms with Gasteiger partial charge in [0.25, 0.3) is 0 Å². The Balaban J connectivity index is 2.51. The largest absolute Gasteiger partial charge is 0.301 e. The van der Waals surface area contributed by atoms with E-state index in [2.05, 4.69) is 6.58 Å². The zero-order chi connectivity index (χ0) is 13.4. The van der Waals surface area contributed by atoms with Crippen molar-refractivity contribution in [3.05, 3.63) is 48.6 Å². The van der Waals surface area contributed by atoms with Crippen molar-refractivity contribution in [1.82, 2.24) is 0 Å². The number of Topliss-reactive ketones (excluding diaryl/α,β-unsaturated/α-hetero) is 1. The minimum atomic E-state index is -0.129. The molecule has 2 N–H and O–H groups in total. The van der Waals surface area contributed by atoms with Crippen LogP contribution in [-0.2, 0) is 16.1 Å². The average Bonchev–Trinajstić information content (AvgIpc) is 2.39. The number of rotatable bonds is 8. The molecule has 0 radical (unpaired) electrons. The van der Waals surface area contributed by atoms with E-state index >= 15 is 0 Å². The van der Waals surface area contributed by atoms with Gasteiger partial charge >= 0.3 is 0 Å². The van der Waals surface area contributed by atoms with Crippen LogP contribution < -0.4 is 5.90 Å². The summed E-state index contributed by atoms with van der Waals surface area (Å²) in [4.78, 5) is 16.7. The zero-order valence-electron chi connectivity index (χ0n) is 10.8. The van der Waals surface area contributed by atoms with Crippen LogP contribution in [0.3, 0.4) is 0 Å². The molecule has 0 aliphatic rings. The first-order valence-electron chi connectivity index (χ1n) is 6.20. The number of ketones is 1. The Morgan fingerprint density at radius 2 is 2.11 bits per heavy atom. The second kappa shape index (κ2) is 7.80. The maximum atomic E-state index is 11.7. The second-order valence-electron chi connectivity index (χ2n) is 4.54. The molecule has 0 fully saturated rings. The summed E-state index contributed by atoms with van der Waals surface area (Å²) in [5.74, 6) is 5.44. The van der Waals surface area contributed by atoms with Crippen LogP contribution in [0.25, 0.3) is 0 Å². The number of hydrogen-bond donors (Lipinski definition) is 1. The van der Waals surface area contributed by atoms with Crippen molar-refractivity contribution in [1.29, 1.82) is 0 Å². The average molecular weight is 247 g/mol. The van der Waals surface area contributed by atoms with E-state index in [-0.39, 0.29) is 17.8 Å². The van der Waals surface area contributed by atoms with E-state index in [1.54, 1.807) is 6.08 Å². The van der Waals surface area contributed by atoms with Gasteiger partial charge in [-0.3, -0.25) is 4.79 Å². The van der Waals surface area contributed by atoms with Gasteiger partial charge in [0.2, 0.25) is 0 Å². The summed E-state index contributed by atoms with van der Waals surface area (Å²) >= 11 is 0. The van der Waals surface area contributed by atoms with Gasteiger partial charge in [0.15, 0.2) is 0 Å². The van der Waals surface area contributed by atoms with Gasteiger partial charge < -0.3 is 4.84 Å². The predicted molar refractivity (Wildman–Crippen MR) is 72.8 cm³/mol. The molecular formula is C15H21NO2. The lowest BCUT2D eigenvalue weighted by atomic mass is 9.94. The molecule has 1 aromatic rings. The summed E-state index contributed by atoms with van der Waals surface area (Å²) in [5, 5.41) is 0. The van der Waals surface area contributed by atoms with E-state index in [0.29, 0.717) is 12.8 Å². The van der Waals surface area contributed by atoms with E-state index < -0.39 is 0 Å². The number of carbonyl (C=O) groups excluding carboxylic acids is 1. The lowest BCUT2D eigenvalue weighted by molar-refractivity contribution is -0.122. The van der Waals surface area contributed by atoms with Crippen molar-refractivity contribution in [2.45, 2.75) is 32.3 Å². The maximum absolute atomic E-state index is 11.7. The molecule has 1 aromatic carbocycles. The topological polar surface area (TPSA) is 52.3 Å². The third kappa shape index (κ3) is 4.82. The highest BCUT2D eigenvalue weighted by molar-refractivity contribution is 5.81. The minimum absolute atomic E-state index is 0.0553. The van der Waals surface area contributed by atoms with Gasteiger partial charge in [0.1, 0.15) is 5.78 Å². The Bertz CT molecular complexity index is 375. The van der Waals surface area contributed by atoms with Crippen molar-refractivity contribution in [2.24, 2.45) is 11.8 Å². The normalized spacial score (nSPS) is 13.9. The first kappa shape index (κ1) is 14.6. The van der Waals surface area contributed by atoms with Gasteiger partial charge in [0, 0.05) is 18.8 Å². The molecule has 18 heavy (non-hydrogen) atoms. The lowest BCUT2D eigenvalue weighted by Gasteiger charge is -2.18. The fourth-order valence-electron chi connectivity index (χ4n) is 1.93. The zero-order valence-corrected chi connectivity index (χ0v) is 10.8. The van der Waals surface area contributed by atoms with Crippen LogP contribution in [0.4, 0.5) is 0 Å². The Morgan fingerprint density at radius 1 is 1.44 bits per heavy atom. The fraction of sp³-hybridized carbons (Fsp3) is 0.400. The quantitative estimate of drug-likeness (QED) is 0.567. The lowest BCUT2D eigenvalue weighted by Crippen LogP contribution is -2.25.